The SMILES string of the molecule is CC1(C)C(N)=Nc2nc(-c3nn(Cc4ccccc4F)c4ncccc34)nc(C(=O)Nc3cccnc3)c21. The number of aliphatic imine (C=N–C) groups is 1. The van der Waals surface area contributed by atoms with Gasteiger partial charge in [0.1, 0.15) is 23.0 Å². The summed E-state index contributed by atoms with van der Waals surface area (Å²) in [6.07, 6.45) is 4.79. The second-order valence-electron chi connectivity index (χ2n) is 9.38. The minimum Gasteiger partial charge on any atom is -0.386 e. The molecule has 0 atom stereocenters. The van der Waals surface area contributed by atoms with E-state index < -0.39 is 11.3 Å². The molecule has 1 aromatic carbocycles. The van der Waals surface area contributed by atoms with Crippen LogP contribution in [0, 0.1) is 5.82 Å². The van der Waals surface area contributed by atoms with Crippen LogP contribution >= 0.6 is 0 Å². The van der Waals surface area contributed by atoms with Gasteiger partial charge in [-0.3, -0.25) is 9.78 Å². The first-order valence-electron chi connectivity index (χ1n) is 11.9. The molecule has 11 heteroatoms. The summed E-state index contributed by atoms with van der Waals surface area (Å²) in [7, 11) is 0. The van der Waals surface area contributed by atoms with Crippen molar-refractivity contribution in [2.24, 2.45) is 10.7 Å². The lowest BCUT2D eigenvalue weighted by Gasteiger charge is -2.21. The van der Waals surface area contributed by atoms with Crippen LogP contribution in [0.5, 0.6) is 0 Å². The number of carbonyl (C=O) groups is 1. The van der Waals surface area contributed by atoms with Crippen LogP contribution in [0.1, 0.15) is 35.5 Å². The predicted molar refractivity (Wildman–Crippen MR) is 141 cm³/mol. The van der Waals surface area contributed by atoms with Crippen LogP contribution in [-0.2, 0) is 12.0 Å². The molecule has 5 aromatic rings. The zero-order valence-corrected chi connectivity index (χ0v) is 20.6. The average molecular weight is 508 g/mol. The summed E-state index contributed by atoms with van der Waals surface area (Å²) in [5.74, 6) is 0.00745. The topological polar surface area (TPSA) is 137 Å². The van der Waals surface area contributed by atoms with Crippen molar-refractivity contribution in [3.8, 4) is 11.5 Å². The Hall–Kier alpha value is -5.06. The van der Waals surface area contributed by atoms with E-state index in [0.29, 0.717) is 45.2 Å². The van der Waals surface area contributed by atoms with Gasteiger partial charge in [0.05, 0.1) is 29.2 Å². The summed E-state index contributed by atoms with van der Waals surface area (Å²) >= 11 is 0. The molecular formula is C27H22FN9O. The molecule has 0 unspecified atom stereocenters. The third-order valence-electron chi connectivity index (χ3n) is 6.51. The van der Waals surface area contributed by atoms with Crippen molar-refractivity contribution >= 4 is 34.3 Å². The molecule has 4 aromatic heterocycles. The molecule has 38 heavy (non-hydrogen) atoms. The van der Waals surface area contributed by atoms with E-state index in [1.165, 1.54) is 6.07 Å². The molecule has 188 valence electrons. The molecule has 0 saturated heterocycles. The lowest BCUT2D eigenvalue weighted by atomic mass is 9.84. The Morgan fingerprint density at radius 1 is 1.08 bits per heavy atom. The summed E-state index contributed by atoms with van der Waals surface area (Å²) < 4.78 is 16.0. The first-order chi connectivity index (χ1) is 18.3. The van der Waals surface area contributed by atoms with Crippen LogP contribution in [0.2, 0.25) is 0 Å². The van der Waals surface area contributed by atoms with E-state index in [1.54, 1.807) is 59.7 Å². The third kappa shape index (κ3) is 3.84. The Bertz CT molecular complexity index is 1740. The Balaban J connectivity index is 1.51. The number of rotatable bonds is 5. The fourth-order valence-electron chi connectivity index (χ4n) is 4.46. The van der Waals surface area contributed by atoms with Crippen molar-refractivity contribution in [2.45, 2.75) is 25.8 Å². The molecule has 6 rings (SSSR count). The van der Waals surface area contributed by atoms with E-state index in [1.807, 2.05) is 19.9 Å². The van der Waals surface area contributed by atoms with Crippen LogP contribution in [0.15, 0.2) is 72.1 Å². The number of anilines is 1. The van der Waals surface area contributed by atoms with Gasteiger partial charge in [-0.1, -0.05) is 18.2 Å². The second kappa shape index (κ2) is 8.80. The number of halogens is 1. The fraction of sp³-hybridized carbons (Fsp3) is 0.148. The van der Waals surface area contributed by atoms with Crippen molar-refractivity contribution in [3.63, 3.8) is 0 Å². The Labute approximate surface area is 216 Å². The Morgan fingerprint density at radius 3 is 2.68 bits per heavy atom. The van der Waals surface area contributed by atoms with E-state index in [0.717, 1.165) is 0 Å². The average Bonchev–Trinajstić information content (AvgIpc) is 3.39. The maximum absolute atomic E-state index is 14.4. The molecule has 0 spiro atoms. The van der Waals surface area contributed by atoms with Crippen LogP contribution in [0.25, 0.3) is 22.6 Å². The molecule has 0 bridgehead atoms. The van der Waals surface area contributed by atoms with E-state index in [-0.39, 0.29) is 23.9 Å². The van der Waals surface area contributed by atoms with Crippen molar-refractivity contribution in [3.05, 3.63) is 89.8 Å². The molecular weight excluding hydrogens is 485 g/mol. The minimum atomic E-state index is -0.761. The number of hydrogen-bond donors (Lipinski definition) is 2. The normalized spacial score (nSPS) is 13.8. The molecule has 0 fully saturated rings. The standard InChI is InChI=1S/C27H22FN9O/c1-27(2)19-21(25(38)32-16-8-5-11-30-13-16)33-23(34-22(19)35-26(27)29)20-17-9-6-12-31-24(17)37(36-20)14-15-7-3-4-10-18(15)28/h3-13H,14H2,1-2H3,(H,32,38)(H2,29,33,34,35). The van der Waals surface area contributed by atoms with Crippen LogP contribution < -0.4 is 11.1 Å². The Morgan fingerprint density at radius 2 is 1.89 bits per heavy atom. The van der Waals surface area contributed by atoms with Crippen molar-refractivity contribution < 1.29 is 9.18 Å². The van der Waals surface area contributed by atoms with Gasteiger partial charge in [-0.25, -0.2) is 29.0 Å². The number of pyridine rings is 2. The first-order valence-corrected chi connectivity index (χ1v) is 11.9. The van der Waals surface area contributed by atoms with Crippen LogP contribution in [-0.4, -0.2) is 41.5 Å². The smallest absolute Gasteiger partial charge is 0.274 e. The number of fused-ring (bicyclic) bond motifs is 2. The van der Waals surface area contributed by atoms with Gasteiger partial charge in [0.2, 0.25) is 0 Å². The highest BCUT2D eigenvalue weighted by atomic mass is 19.1. The zero-order valence-electron chi connectivity index (χ0n) is 20.6. The highest BCUT2D eigenvalue weighted by Gasteiger charge is 2.40. The van der Waals surface area contributed by atoms with Gasteiger partial charge in [0.15, 0.2) is 17.3 Å². The molecule has 3 N–H and O–H groups in total. The van der Waals surface area contributed by atoms with Gasteiger partial charge in [0, 0.05) is 23.5 Å². The fourth-order valence-corrected chi connectivity index (χ4v) is 4.46. The van der Waals surface area contributed by atoms with Crippen molar-refractivity contribution in [1.29, 1.82) is 0 Å². The summed E-state index contributed by atoms with van der Waals surface area (Å²) in [6.45, 7) is 3.88. The number of benzene rings is 1. The molecule has 10 nitrogen and oxygen atoms in total. The molecule has 0 aliphatic carbocycles. The van der Waals surface area contributed by atoms with Crippen LogP contribution in [0.3, 0.4) is 0 Å². The highest BCUT2D eigenvalue weighted by molar-refractivity contribution is 6.09. The van der Waals surface area contributed by atoms with Gasteiger partial charge < -0.3 is 11.1 Å². The van der Waals surface area contributed by atoms with E-state index in [2.05, 4.69) is 30.2 Å². The number of amides is 1. The number of nitrogens with one attached hydrogen (secondary N) is 1. The molecule has 1 aliphatic rings. The molecule has 0 radical (unpaired) electrons. The van der Waals surface area contributed by atoms with Gasteiger partial charge in [-0.15, -0.1) is 0 Å². The van der Waals surface area contributed by atoms with Gasteiger partial charge in [0.25, 0.3) is 5.91 Å². The summed E-state index contributed by atoms with van der Waals surface area (Å²) in [5.41, 5.74) is 8.02. The largest absolute Gasteiger partial charge is 0.386 e. The second-order valence-corrected chi connectivity index (χ2v) is 9.38. The molecule has 1 aliphatic heterocycles. The summed E-state index contributed by atoms with van der Waals surface area (Å²) in [4.78, 5) is 35.8. The van der Waals surface area contributed by atoms with Gasteiger partial charge >= 0.3 is 0 Å². The quantitative estimate of drug-likeness (QED) is 0.367. The number of amidine groups is 1. The number of aromatic nitrogens is 6. The summed E-state index contributed by atoms with van der Waals surface area (Å²) in [6, 6.07) is 13.5. The lowest BCUT2D eigenvalue weighted by molar-refractivity contribution is 0.102. The van der Waals surface area contributed by atoms with Crippen molar-refractivity contribution in [2.75, 3.05) is 5.32 Å². The van der Waals surface area contributed by atoms with E-state index in [9.17, 15) is 9.18 Å². The predicted octanol–water partition coefficient (Wildman–Crippen LogP) is 4.00. The van der Waals surface area contributed by atoms with Gasteiger partial charge in [-0.05, 0) is 44.2 Å². The van der Waals surface area contributed by atoms with Crippen LogP contribution in [0.4, 0.5) is 15.9 Å². The maximum atomic E-state index is 14.4. The van der Waals surface area contributed by atoms with Gasteiger partial charge in [-0.2, -0.15) is 5.10 Å². The maximum Gasteiger partial charge on any atom is 0.274 e. The monoisotopic (exact) mass is 507 g/mol. The van der Waals surface area contributed by atoms with Crippen molar-refractivity contribution in [1.82, 2.24) is 29.7 Å². The highest BCUT2D eigenvalue weighted by Crippen LogP contribution is 2.41. The summed E-state index contributed by atoms with van der Waals surface area (Å²) in [5, 5.41) is 8.19. The lowest BCUT2D eigenvalue weighted by Crippen LogP contribution is -2.34. The third-order valence-corrected chi connectivity index (χ3v) is 6.51. The molecule has 0 saturated carbocycles. The number of hydrogen-bond acceptors (Lipinski definition) is 8. The first kappa shape index (κ1) is 23.3. The zero-order chi connectivity index (χ0) is 26.4. The van der Waals surface area contributed by atoms with E-state index >= 15 is 0 Å². The number of carbonyl (C=O) groups excluding carboxylic acids is 1. The number of nitrogens with zero attached hydrogens (tertiary/aromatic N) is 7. The van der Waals surface area contributed by atoms with E-state index in [4.69, 9.17) is 10.8 Å². The molecule has 5 heterocycles. The Kier molecular flexibility index (Phi) is 5.41. The minimum absolute atomic E-state index is 0.128. The molecule has 1 amide bonds. The number of nitrogens with two attached hydrogens (primary N) is 1.